The average Bonchev–Trinajstić information content (AvgIpc) is 3.40. The smallest absolute Gasteiger partial charge is 0.295 e. The summed E-state index contributed by atoms with van der Waals surface area (Å²) in [5.41, 5.74) is 2.98. The van der Waals surface area contributed by atoms with Crippen LogP contribution in [0.25, 0.3) is 5.76 Å². The minimum Gasteiger partial charge on any atom is -0.507 e. The van der Waals surface area contributed by atoms with Crippen molar-refractivity contribution < 1.29 is 24.2 Å². The van der Waals surface area contributed by atoms with E-state index in [2.05, 4.69) is 11.9 Å². The van der Waals surface area contributed by atoms with Crippen molar-refractivity contribution in [3.63, 3.8) is 0 Å². The number of rotatable bonds is 8. The fourth-order valence-electron chi connectivity index (χ4n) is 4.91. The van der Waals surface area contributed by atoms with Crippen molar-refractivity contribution in [3.05, 3.63) is 94.8 Å². The Bertz CT molecular complexity index is 1350. The molecule has 1 N–H and O–H groups in total. The van der Waals surface area contributed by atoms with Gasteiger partial charge in [-0.25, -0.2) is 0 Å². The number of aliphatic hydroxyl groups excluding tert-OH is 1. The molecule has 2 atom stereocenters. The van der Waals surface area contributed by atoms with E-state index in [1.165, 1.54) is 4.90 Å². The Balaban J connectivity index is 1.59. The highest BCUT2D eigenvalue weighted by atomic mass is 16.5. The van der Waals surface area contributed by atoms with Crippen LogP contribution < -0.4 is 9.47 Å². The highest BCUT2D eigenvalue weighted by Crippen LogP contribution is 2.42. The molecule has 7 heteroatoms. The van der Waals surface area contributed by atoms with Crippen molar-refractivity contribution in [2.45, 2.75) is 51.8 Å². The van der Waals surface area contributed by atoms with Crippen LogP contribution in [0.15, 0.2) is 72.6 Å². The van der Waals surface area contributed by atoms with Crippen LogP contribution in [0.3, 0.4) is 0 Å². The topological polar surface area (TPSA) is 89.0 Å². The molecule has 0 radical (unpaired) electrons. The van der Waals surface area contributed by atoms with E-state index in [4.69, 9.17) is 9.47 Å². The SMILES string of the molecule is CCCCOc1cccc([C@@H]2C(=C(O)c3ccc4c(c3)C[C@@H](C)O4)C(=O)C(=O)N2Cc2cccnc2)c1. The Hall–Kier alpha value is -4.13. The normalized spacial score (nSPS) is 20.1. The zero-order valence-electron chi connectivity index (χ0n) is 21.0. The lowest BCUT2D eigenvalue weighted by molar-refractivity contribution is -0.140. The number of amides is 1. The summed E-state index contributed by atoms with van der Waals surface area (Å²) in [4.78, 5) is 32.4. The van der Waals surface area contributed by atoms with Gasteiger partial charge in [0.1, 0.15) is 23.4 Å². The molecular weight excluding hydrogens is 468 g/mol. The second kappa shape index (κ2) is 10.5. The van der Waals surface area contributed by atoms with Gasteiger partial charge in [0.05, 0.1) is 18.2 Å². The largest absolute Gasteiger partial charge is 0.507 e. The summed E-state index contributed by atoms with van der Waals surface area (Å²) in [5, 5.41) is 11.5. The number of pyridine rings is 1. The third-order valence-corrected chi connectivity index (χ3v) is 6.73. The van der Waals surface area contributed by atoms with Crippen LogP contribution in [0, 0.1) is 0 Å². The van der Waals surface area contributed by atoms with Crippen molar-refractivity contribution in [2.24, 2.45) is 0 Å². The third-order valence-electron chi connectivity index (χ3n) is 6.73. The zero-order chi connectivity index (χ0) is 25.9. The molecule has 37 heavy (non-hydrogen) atoms. The summed E-state index contributed by atoms with van der Waals surface area (Å²) in [5.74, 6) is -0.146. The Morgan fingerprint density at radius 2 is 2.03 bits per heavy atom. The van der Waals surface area contributed by atoms with Crippen molar-refractivity contribution in [3.8, 4) is 11.5 Å². The number of ketones is 1. The van der Waals surface area contributed by atoms with E-state index in [1.807, 2.05) is 43.3 Å². The van der Waals surface area contributed by atoms with E-state index in [-0.39, 0.29) is 24.0 Å². The van der Waals surface area contributed by atoms with E-state index in [0.717, 1.165) is 29.7 Å². The molecule has 2 aliphatic rings. The molecule has 1 fully saturated rings. The number of nitrogens with zero attached hydrogens (tertiary/aromatic N) is 2. The number of fused-ring (bicyclic) bond motifs is 1. The van der Waals surface area contributed by atoms with Crippen LogP contribution >= 0.6 is 0 Å². The molecule has 0 spiro atoms. The summed E-state index contributed by atoms with van der Waals surface area (Å²) in [6, 6.07) is 15.6. The summed E-state index contributed by atoms with van der Waals surface area (Å²) < 4.78 is 11.7. The van der Waals surface area contributed by atoms with Gasteiger partial charge < -0.3 is 19.5 Å². The minimum absolute atomic E-state index is 0.0490. The number of carbonyl (C=O) groups excluding carboxylic acids is 2. The van der Waals surface area contributed by atoms with Gasteiger partial charge in [0.2, 0.25) is 0 Å². The molecule has 190 valence electrons. The molecule has 0 bridgehead atoms. The molecular formula is C30H30N2O5. The fraction of sp³-hybridized carbons (Fsp3) is 0.300. The van der Waals surface area contributed by atoms with E-state index >= 15 is 0 Å². The van der Waals surface area contributed by atoms with Crippen LogP contribution in [0.4, 0.5) is 0 Å². The Labute approximate surface area is 216 Å². The van der Waals surface area contributed by atoms with Gasteiger partial charge in [-0.15, -0.1) is 0 Å². The van der Waals surface area contributed by atoms with E-state index in [9.17, 15) is 14.7 Å². The Morgan fingerprint density at radius 3 is 2.81 bits per heavy atom. The van der Waals surface area contributed by atoms with Crippen molar-refractivity contribution in [2.75, 3.05) is 6.61 Å². The standard InChI is InChI=1S/C30H30N2O5/c1-3-4-13-36-24-9-5-8-21(16-24)27-26(28(33)22-10-11-25-23(15-22)14-19(2)37-25)29(34)30(35)32(27)18-20-7-6-12-31-17-20/h5-12,15-17,19,27,33H,3-4,13-14,18H2,1-2H3/t19-,27-/m1/s1. The molecule has 1 saturated heterocycles. The van der Waals surface area contributed by atoms with Gasteiger partial charge in [0, 0.05) is 30.9 Å². The maximum absolute atomic E-state index is 13.4. The van der Waals surface area contributed by atoms with Crippen molar-refractivity contribution >= 4 is 17.4 Å². The summed E-state index contributed by atoms with van der Waals surface area (Å²) in [6.07, 6.45) is 6.02. The molecule has 1 aromatic heterocycles. The van der Waals surface area contributed by atoms with Crippen LogP contribution in [-0.2, 0) is 22.6 Å². The van der Waals surface area contributed by atoms with Gasteiger partial charge in [-0.3, -0.25) is 14.6 Å². The fourth-order valence-corrected chi connectivity index (χ4v) is 4.91. The zero-order valence-corrected chi connectivity index (χ0v) is 21.0. The number of aliphatic hydroxyl groups is 1. The first-order chi connectivity index (χ1) is 18.0. The lowest BCUT2D eigenvalue weighted by atomic mass is 9.94. The summed E-state index contributed by atoms with van der Waals surface area (Å²) >= 11 is 0. The minimum atomic E-state index is -0.779. The summed E-state index contributed by atoms with van der Waals surface area (Å²) in [6.45, 7) is 4.83. The number of hydrogen-bond acceptors (Lipinski definition) is 6. The van der Waals surface area contributed by atoms with Gasteiger partial charge in [0.25, 0.3) is 11.7 Å². The van der Waals surface area contributed by atoms with Crippen molar-refractivity contribution in [1.82, 2.24) is 9.88 Å². The number of aromatic nitrogens is 1. The predicted octanol–water partition coefficient (Wildman–Crippen LogP) is 5.21. The molecule has 0 saturated carbocycles. The number of benzene rings is 2. The molecule has 2 aromatic carbocycles. The van der Waals surface area contributed by atoms with E-state index in [0.29, 0.717) is 29.9 Å². The molecule has 5 rings (SSSR count). The van der Waals surface area contributed by atoms with Crippen molar-refractivity contribution in [1.29, 1.82) is 0 Å². The Kier molecular flexibility index (Phi) is 6.95. The number of ether oxygens (including phenoxy) is 2. The second-order valence-corrected chi connectivity index (χ2v) is 9.52. The number of Topliss-reactive ketones (excluding diaryl/α,β-unsaturated/α-hetero) is 1. The first-order valence-corrected chi connectivity index (χ1v) is 12.7. The average molecular weight is 499 g/mol. The number of carbonyl (C=O) groups is 2. The highest BCUT2D eigenvalue weighted by Gasteiger charge is 2.46. The van der Waals surface area contributed by atoms with Gasteiger partial charge in [0.15, 0.2) is 0 Å². The first kappa shape index (κ1) is 24.6. The molecule has 0 aliphatic carbocycles. The maximum Gasteiger partial charge on any atom is 0.295 e. The van der Waals surface area contributed by atoms with Gasteiger partial charge in [-0.1, -0.05) is 31.5 Å². The third kappa shape index (κ3) is 4.94. The number of likely N-dealkylation sites (tertiary alicyclic amines) is 1. The number of hydrogen-bond donors (Lipinski definition) is 1. The highest BCUT2D eigenvalue weighted by molar-refractivity contribution is 6.46. The molecule has 3 aromatic rings. The quantitative estimate of drug-likeness (QED) is 0.199. The second-order valence-electron chi connectivity index (χ2n) is 9.52. The van der Waals surface area contributed by atoms with Crippen LogP contribution in [0.2, 0.25) is 0 Å². The first-order valence-electron chi connectivity index (χ1n) is 12.7. The van der Waals surface area contributed by atoms with E-state index in [1.54, 1.807) is 30.6 Å². The van der Waals surface area contributed by atoms with E-state index < -0.39 is 17.7 Å². The molecule has 1 amide bonds. The predicted molar refractivity (Wildman–Crippen MR) is 139 cm³/mol. The molecule has 3 heterocycles. The van der Waals surface area contributed by atoms with Crippen LogP contribution in [0.5, 0.6) is 11.5 Å². The van der Waals surface area contributed by atoms with Gasteiger partial charge in [-0.2, -0.15) is 0 Å². The summed E-state index contributed by atoms with van der Waals surface area (Å²) in [7, 11) is 0. The van der Waals surface area contributed by atoms with Crippen LogP contribution in [0.1, 0.15) is 55.0 Å². The Morgan fingerprint density at radius 1 is 1.16 bits per heavy atom. The molecule has 0 unspecified atom stereocenters. The van der Waals surface area contributed by atoms with Gasteiger partial charge >= 0.3 is 0 Å². The van der Waals surface area contributed by atoms with Gasteiger partial charge in [-0.05, 0) is 66.4 Å². The molecule has 7 nitrogen and oxygen atoms in total. The monoisotopic (exact) mass is 498 g/mol. The number of unbranched alkanes of at least 4 members (excludes halogenated alkanes) is 1. The molecule has 2 aliphatic heterocycles. The maximum atomic E-state index is 13.4. The lowest BCUT2D eigenvalue weighted by Crippen LogP contribution is -2.29. The van der Waals surface area contributed by atoms with Crippen LogP contribution in [-0.4, -0.2) is 39.4 Å². The lowest BCUT2D eigenvalue weighted by Gasteiger charge is -2.25.